The van der Waals surface area contributed by atoms with Gasteiger partial charge in [0.15, 0.2) is 0 Å². The van der Waals surface area contributed by atoms with Gasteiger partial charge in [-0.05, 0) is 51.5 Å². The van der Waals surface area contributed by atoms with E-state index >= 15 is 0 Å². The maximum Gasteiger partial charge on any atom is 0.119 e. The first-order chi connectivity index (χ1) is 8.97. The van der Waals surface area contributed by atoms with Crippen LogP contribution in [0, 0.1) is 13.8 Å². The Morgan fingerprint density at radius 1 is 1.11 bits per heavy atom. The van der Waals surface area contributed by atoms with Crippen LogP contribution in [0.15, 0.2) is 34.7 Å². The number of hydrogen-bond acceptors (Lipinski definition) is 3. The molecule has 1 aromatic heterocycles. The highest BCUT2D eigenvalue weighted by Crippen LogP contribution is 2.26. The summed E-state index contributed by atoms with van der Waals surface area (Å²) >= 11 is 0. The van der Waals surface area contributed by atoms with Gasteiger partial charge in [-0.1, -0.05) is 12.1 Å². The van der Waals surface area contributed by atoms with Crippen LogP contribution in [0.4, 0.5) is 0 Å². The number of benzene rings is 1. The molecular weight excluding hydrogens is 238 g/mol. The predicted molar refractivity (Wildman–Crippen MR) is 76.4 cm³/mol. The number of nitrogens with two attached hydrogens (primary N) is 1. The molecule has 0 bridgehead atoms. The minimum Gasteiger partial charge on any atom is -0.491 e. The lowest BCUT2D eigenvalue weighted by atomic mass is 10.00. The minimum atomic E-state index is -0.162. The second-order valence-corrected chi connectivity index (χ2v) is 5.08. The Kier molecular flexibility index (Phi) is 3.96. The van der Waals surface area contributed by atoms with Gasteiger partial charge < -0.3 is 14.9 Å². The van der Waals surface area contributed by atoms with E-state index in [1.165, 1.54) is 0 Å². The molecule has 0 spiro atoms. The summed E-state index contributed by atoms with van der Waals surface area (Å²) in [5, 5.41) is 0. The van der Waals surface area contributed by atoms with Gasteiger partial charge in [-0.2, -0.15) is 0 Å². The molecule has 1 unspecified atom stereocenters. The second-order valence-electron chi connectivity index (χ2n) is 5.08. The summed E-state index contributed by atoms with van der Waals surface area (Å²) in [6, 6.07) is 9.76. The Bertz CT molecular complexity index is 540. The van der Waals surface area contributed by atoms with Crippen molar-refractivity contribution in [1.82, 2.24) is 0 Å². The molecule has 2 aromatic rings. The standard InChI is InChI=1S/C16H21NO2/c1-10(2)18-14-7-5-13(6-8-14)16(17)15-9-11(3)19-12(15)4/h5-10,16H,17H2,1-4H3. The van der Waals surface area contributed by atoms with Gasteiger partial charge in [-0.25, -0.2) is 0 Å². The fourth-order valence-electron chi connectivity index (χ4n) is 2.16. The van der Waals surface area contributed by atoms with E-state index in [0.717, 1.165) is 28.4 Å². The van der Waals surface area contributed by atoms with Crippen molar-refractivity contribution in [3.05, 3.63) is 53.0 Å². The van der Waals surface area contributed by atoms with Crippen LogP contribution in [0.25, 0.3) is 0 Å². The molecule has 1 atom stereocenters. The summed E-state index contributed by atoms with van der Waals surface area (Å²) in [5.74, 6) is 2.64. The summed E-state index contributed by atoms with van der Waals surface area (Å²) < 4.78 is 11.2. The van der Waals surface area contributed by atoms with Gasteiger partial charge in [0.05, 0.1) is 12.1 Å². The molecule has 0 amide bonds. The summed E-state index contributed by atoms with van der Waals surface area (Å²) in [4.78, 5) is 0. The SMILES string of the molecule is Cc1cc(C(N)c2ccc(OC(C)C)cc2)c(C)o1. The molecule has 0 aliphatic rings. The lowest BCUT2D eigenvalue weighted by Gasteiger charge is -2.13. The number of rotatable bonds is 4. The topological polar surface area (TPSA) is 48.4 Å². The zero-order valence-corrected chi connectivity index (χ0v) is 11.9. The van der Waals surface area contributed by atoms with Crippen molar-refractivity contribution in [1.29, 1.82) is 0 Å². The average Bonchev–Trinajstić information content (AvgIpc) is 2.68. The summed E-state index contributed by atoms with van der Waals surface area (Å²) in [6.07, 6.45) is 0.179. The van der Waals surface area contributed by atoms with E-state index in [1.54, 1.807) is 0 Å². The zero-order chi connectivity index (χ0) is 14.0. The fourth-order valence-corrected chi connectivity index (χ4v) is 2.16. The molecular formula is C16H21NO2. The molecule has 2 N–H and O–H groups in total. The van der Waals surface area contributed by atoms with Crippen molar-refractivity contribution in [3.63, 3.8) is 0 Å². The van der Waals surface area contributed by atoms with Crippen LogP contribution in [0.5, 0.6) is 5.75 Å². The maximum atomic E-state index is 6.28. The van der Waals surface area contributed by atoms with Gasteiger partial charge in [0.2, 0.25) is 0 Å². The van der Waals surface area contributed by atoms with E-state index in [9.17, 15) is 0 Å². The third-order valence-electron chi connectivity index (χ3n) is 3.03. The molecule has 2 rings (SSSR count). The molecule has 0 aliphatic carbocycles. The molecule has 1 heterocycles. The molecule has 102 valence electrons. The van der Waals surface area contributed by atoms with Crippen molar-refractivity contribution in [2.45, 2.75) is 39.8 Å². The lowest BCUT2D eigenvalue weighted by molar-refractivity contribution is 0.242. The lowest BCUT2D eigenvalue weighted by Crippen LogP contribution is -2.12. The van der Waals surface area contributed by atoms with Gasteiger partial charge in [0, 0.05) is 5.56 Å². The summed E-state index contributed by atoms with van der Waals surface area (Å²) in [6.45, 7) is 7.90. The van der Waals surface area contributed by atoms with E-state index in [1.807, 2.05) is 58.0 Å². The number of furan rings is 1. The Morgan fingerprint density at radius 3 is 2.21 bits per heavy atom. The highest BCUT2D eigenvalue weighted by molar-refractivity contribution is 5.36. The molecule has 19 heavy (non-hydrogen) atoms. The average molecular weight is 259 g/mol. The Labute approximate surface area is 114 Å². The minimum absolute atomic E-state index is 0.162. The van der Waals surface area contributed by atoms with Crippen LogP contribution in [0.2, 0.25) is 0 Å². The first kappa shape index (κ1) is 13.7. The highest BCUT2D eigenvalue weighted by Gasteiger charge is 2.15. The van der Waals surface area contributed by atoms with E-state index in [4.69, 9.17) is 14.9 Å². The summed E-state index contributed by atoms with van der Waals surface area (Å²) in [7, 11) is 0. The van der Waals surface area contributed by atoms with Gasteiger partial charge >= 0.3 is 0 Å². The second kappa shape index (κ2) is 5.49. The van der Waals surface area contributed by atoms with Gasteiger partial charge in [-0.15, -0.1) is 0 Å². The number of ether oxygens (including phenoxy) is 1. The third-order valence-corrected chi connectivity index (χ3v) is 3.03. The molecule has 0 saturated heterocycles. The van der Waals surface area contributed by atoms with E-state index in [-0.39, 0.29) is 12.1 Å². The van der Waals surface area contributed by atoms with Crippen molar-refractivity contribution in [3.8, 4) is 5.75 Å². The van der Waals surface area contributed by atoms with Crippen molar-refractivity contribution < 1.29 is 9.15 Å². The summed E-state index contributed by atoms with van der Waals surface area (Å²) in [5.41, 5.74) is 8.37. The Balaban J connectivity index is 2.20. The molecule has 0 aliphatic heterocycles. The zero-order valence-electron chi connectivity index (χ0n) is 11.9. The predicted octanol–water partition coefficient (Wildman–Crippen LogP) is 3.73. The third kappa shape index (κ3) is 3.18. The molecule has 3 heteroatoms. The smallest absolute Gasteiger partial charge is 0.119 e. The Hall–Kier alpha value is -1.74. The number of hydrogen-bond donors (Lipinski definition) is 1. The van der Waals surface area contributed by atoms with Crippen molar-refractivity contribution >= 4 is 0 Å². The van der Waals surface area contributed by atoms with Gasteiger partial charge in [0.25, 0.3) is 0 Å². The maximum absolute atomic E-state index is 6.28. The number of aryl methyl sites for hydroxylation is 2. The first-order valence-electron chi connectivity index (χ1n) is 6.56. The van der Waals surface area contributed by atoms with Crippen LogP contribution < -0.4 is 10.5 Å². The van der Waals surface area contributed by atoms with Crippen LogP contribution in [-0.4, -0.2) is 6.10 Å². The largest absolute Gasteiger partial charge is 0.491 e. The molecule has 0 saturated carbocycles. The molecule has 3 nitrogen and oxygen atoms in total. The highest BCUT2D eigenvalue weighted by atomic mass is 16.5. The van der Waals surface area contributed by atoms with Crippen LogP contribution >= 0.6 is 0 Å². The van der Waals surface area contributed by atoms with Crippen molar-refractivity contribution in [2.24, 2.45) is 5.73 Å². The normalized spacial score (nSPS) is 12.7. The van der Waals surface area contributed by atoms with E-state index < -0.39 is 0 Å². The van der Waals surface area contributed by atoms with Gasteiger partial charge in [0.1, 0.15) is 17.3 Å². The van der Waals surface area contributed by atoms with Gasteiger partial charge in [-0.3, -0.25) is 0 Å². The first-order valence-corrected chi connectivity index (χ1v) is 6.56. The Morgan fingerprint density at radius 2 is 1.74 bits per heavy atom. The van der Waals surface area contributed by atoms with E-state index in [2.05, 4.69) is 0 Å². The molecule has 1 aromatic carbocycles. The van der Waals surface area contributed by atoms with Crippen molar-refractivity contribution in [2.75, 3.05) is 0 Å². The molecule has 0 radical (unpaired) electrons. The monoisotopic (exact) mass is 259 g/mol. The molecule has 0 fully saturated rings. The quantitative estimate of drug-likeness (QED) is 0.910. The fraction of sp³-hybridized carbons (Fsp3) is 0.375. The van der Waals surface area contributed by atoms with Crippen LogP contribution in [-0.2, 0) is 0 Å². The van der Waals surface area contributed by atoms with Crippen LogP contribution in [0.1, 0.15) is 42.5 Å². The van der Waals surface area contributed by atoms with E-state index in [0.29, 0.717) is 0 Å². The van der Waals surface area contributed by atoms with Crippen LogP contribution in [0.3, 0.4) is 0 Å².